The Hall–Kier alpha value is -0.870. The van der Waals surface area contributed by atoms with Gasteiger partial charge in [-0.1, -0.05) is 26.7 Å². The average Bonchev–Trinajstić information content (AvgIpc) is 3.08. The van der Waals surface area contributed by atoms with Crippen LogP contribution in [-0.4, -0.2) is 66.1 Å². The van der Waals surface area contributed by atoms with Gasteiger partial charge in [0.1, 0.15) is 0 Å². The normalized spacial score (nSPS) is 16.9. The van der Waals surface area contributed by atoms with E-state index in [1.165, 1.54) is 12.8 Å². The lowest BCUT2D eigenvalue weighted by Crippen LogP contribution is -2.53. The number of ether oxygens (including phenoxy) is 1. The molecule has 2 heterocycles. The van der Waals surface area contributed by atoms with E-state index in [1.807, 2.05) is 24.0 Å². The molecule has 156 valence electrons. The number of guanidine groups is 1. The fourth-order valence-electron chi connectivity index (χ4n) is 3.60. The van der Waals surface area contributed by atoms with Gasteiger partial charge >= 0.3 is 0 Å². The molecule has 8 heteroatoms. The van der Waals surface area contributed by atoms with Gasteiger partial charge in [0, 0.05) is 45.5 Å². The monoisotopic (exact) mass is 492 g/mol. The lowest BCUT2D eigenvalue weighted by Gasteiger charge is -2.39. The number of aromatic nitrogens is 2. The maximum atomic E-state index is 5.55. The first-order valence-corrected chi connectivity index (χ1v) is 10.00. The van der Waals surface area contributed by atoms with E-state index in [9.17, 15) is 0 Å². The quantitative estimate of drug-likeness (QED) is 0.315. The summed E-state index contributed by atoms with van der Waals surface area (Å²) in [7, 11) is 1.95. The third-order valence-electron chi connectivity index (χ3n) is 5.25. The molecule has 0 bridgehead atoms. The van der Waals surface area contributed by atoms with Crippen LogP contribution in [-0.2, 0) is 18.3 Å². The van der Waals surface area contributed by atoms with Crippen molar-refractivity contribution in [3.8, 4) is 0 Å². The standard InChI is InChI=1S/C19H36N6O.HI/c1-5-16(6-2)18(25-10-12-26-13-11-25)15-22-19(20-7-3)21-14-17-8-9-23-24(17)4;/h8-9,16,18H,5-7,10-15H2,1-4H3,(H2,20,21,22);1H. The molecule has 0 aromatic carbocycles. The molecule has 7 nitrogen and oxygen atoms in total. The summed E-state index contributed by atoms with van der Waals surface area (Å²) in [5.41, 5.74) is 1.10. The van der Waals surface area contributed by atoms with Gasteiger partial charge in [0.25, 0.3) is 0 Å². The van der Waals surface area contributed by atoms with Gasteiger partial charge in [0.15, 0.2) is 5.96 Å². The van der Waals surface area contributed by atoms with Crippen molar-refractivity contribution < 1.29 is 4.74 Å². The van der Waals surface area contributed by atoms with Crippen LogP contribution in [0.25, 0.3) is 0 Å². The highest BCUT2D eigenvalue weighted by molar-refractivity contribution is 14.0. The maximum absolute atomic E-state index is 5.55. The zero-order valence-corrected chi connectivity index (χ0v) is 19.6. The lowest BCUT2D eigenvalue weighted by molar-refractivity contribution is 0.00272. The molecule has 1 aromatic rings. The average molecular weight is 492 g/mol. The van der Waals surface area contributed by atoms with Gasteiger partial charge in [-0.05, 0) is 18.9 Å². The molecular weight excluding hydrogens is 455 g/mol. The third-order valence-corrected chi connectivity index (χ3v) is 5.25. The van der Waals surface area contributed by atoms with Crippen molar-refractivity contribution in [1.29, 1.82) is 0 Å². The van der Waals surface area contributed by atoms with Crippen LogP contribution in [0.2, 0.25) is 0 Å². The van der Waals surface area contributed by atoms with Crippen LogP contribution in [0.15, 0.2) is 17.3 Å². The molecule has 1 aliphatic rings. The largest absolute Gasteiger partial charge is 0.379 e. The van der Waals surface area contributed by atoms with Gasteiger partial charge in [-0.2, -0.15) is 5.10 Å². The second-order valence-electron chi connectivity index (χ2n) is 6.81. The van der Waals surface area contributed by atoms with Crippen molar-refractivity contribution in [3.63, 3.8) is 0 Å². The minimum Gasteiger partial charge on any atom is -0.379 e. The van der Waals surface area contributed by atoms with E-state index in [4.69, 9.17) is 9.73 Å². The van der Waals surface area contributed by atoms with Gasteiger partial charge in [-0.3, -0.25) is 9.58 Å². The minimum absolute atomic E-state index is 0. The number of halogens is 1. The van der Waals surface area contributed by atoms with Gasteiger partial charge in [-0.25, -0.2) is 4.99 Å². The van der Waals surface area contributed by atoms with Crippen molar-refractivity contribution in [1.82, 2.24) is 25.3 Å². The molecule has 2 N–H and O–H groups in total. The fraction of sp³-hybridized carbons (Fsp3) is 0.789. The van der Waals surface area contributed by atoms with Crippen molar-refractivity contribution in [2.45, 2.75) is 46.2 Å². The Kier molecular flexibility index (Phi) is 11.9. The topological polar surface area (TPSA) is 66.7 Å². The second kappa shape index (κ2) is 13.3. The van der Waals surface area contributed by atoms with Crippen LogP contribution in [0.4, 0.5) is 0 Å². The van der Waals surface area contributed by atoms with E-state index < -0.39 is 0 Å². The van der Waals surface area contributed by atoms with Crippen LogP contribution in [0, 0.1) is 5.92 Å². The fourth-order valence-corrected chi connectivity index (χ4v) is 3.60. The van der Waals surface area contributed by atoms with Gasteiger partial charge in [0.2, 0.25) is 0 Å². The van der Waals surface area contributed by atoms with E-state index in [1.54, 1.807) is 0 Å². The van der Waals surface area contributed by atoms with Crippen LogP contribution in [0.1, 0.15) is 39.3 Å². The summed E-state index contributed by atoms with van der Waals surface area (Å²) >= 11 is 0. The molecule has 27 heavy (non-hydrogen) atoms. The second-order valence-corrected chi connectivity index (χ2v) is 6.81. The number of hydrogen-bond acceptors (Lipinski definition) is 4. The molecule has 2 rings (SSSR count). The molecule has 1 aromatic heterocycles. The summed E-state index contributed by atoms with van der Waals surface area (Å²) in [5, 5.41) is 11.1. The van der Waals surface area contributed by atoms with Gasteiger partial charge in [-0.15, -0.1) is 24.0 Å². The zero-order chi connectivity index (χ0) is 18.8. The SMILES string of the molecule is CCNC(=NCc1ccnn1C)NCC(C(CC)CC)N1CCOCC1.I. The summed E-state index contributed by atoms with van der Waals surface area (Å²) in [4.78, 5) is 7.32. The molecule has 0 aliphatic carbocycles. The highest BCUT2D eigenvalue weighted by atomic mass is 127. The van der Waals surface area contributed by atoms with Crippen LogP contribution >= 0.6 is 24.0 Å². The first-order chi connectivity index (χ1) is 12.7. The summed E-state index contributed by atoms with van der Waals surface area (Å²) in [6.07, 6.45) is 4.21. The molecule has 1 saturated heterocycles. The van der Waals surface area contributed by atoms with Crippen LogP contribution < -0.4 is 10.6 Å². The molecule has 0 amide bonds. The summed E-state index contributed by atoms with van der Waals surface area (Å²) in [5.74, 6) is 1.55. The number of nitrogens with zero attached hydrogens (tertiary/aromatic N) is 4. The van der Waals surface area contributed by atoms with Crippen LogP contribution in [0.3, 0.4) is 0 Å². The first kappa shape index (κ1) is 24.2. The van der Waals surface area contributed by atoms with Crippen molar-refractivity contribution in [2.24, 2.45) is 18.0 Å². The predicted molar refractivity (Wildman–Crippen MR) is 122 cm³/mol. The number of aliphatic imine (C=N–C) groups is 1. The van der Waals surface area contributed by atoms with Crippen molar-refractivity contribution >= 4 is 29.9 Å². The lowest BCUT2D eigenvalue weighted by atomic mass is 9.92. The Bertz CT molecular complexity index is 540. The highest BCUT2D eigenvalue weighted by Crippen LogP contribution is 2.19. The molecule has 1 unspecified atom stereocenters. The van der Waals surface area contributed by atoms with Gasteiger partial charge < -0.3 is 15.4 Å². The summed E-state index contributed by atoms with van der Waals surface area (Å²) in [6, 6.07) is 2.52. The van der Waals surface area contributed by atoms with Crippen molar-refractivity contribution in [3.05, 3.63) is 18.0 Å². The molecule has 1 fully saturated rings. The minimum atomic E-state index is 0. The van der Waals surface area contributed by atoms with E-state index in [-0.39, 0.29) is 24.0 Å². The van der Waals surface area contributed by atoms with Crippen molar-refractivity contribution in [2.75, 3.05) is 39.4 Å². The Morgan fingerprint density at radius 1 is 1.22 bits per heavy atom. The number of rotatable bonds is 9. The third kappa shape index (κ3) is 7.57. The molecule has 1 atom stereocenters. The number of aryl methyl sites for hydroxylation is 1. The van der Waals surface area contributed by atoms with E-state index in [0.29, 0.717) is 18.5 Å². The first-order valence-electron chi connectivity index (χ1n) is 10.00. The molecule has 1 aliphatic heterocycles. The Morgan fingerprint density at radius 2 is 1.93 bits per heavy atom. The number of morpholine rings is 1. The molecule has 0 spiro atoms. The summed E-state index contributed by atoms with van der Waals surface area (Å²) < 4.78 is 7.41. The van der Waals surface area contributed by atoms with E-state index in [0.717, 1.165) is 51.0 Å². The Morgan fingerprint density at radius 3 is 2.48 bits per heavy atom. The zero-order valence-electron chi connectivity index (χ0n) is 17.3. The van der Waals surface area contributed by atoms with Crippen LogP contribution in [0.5, 0.6) is 0 Å². The van der Waals surface area contributed by atoms with E-state index in [2.05, 4.69) is 41.4 Å². The molecule has 0 radical (unpaired) electrons. The highest BCUT2D eigenvalue weighted by Gasteiger charge is 2.26. The maximum Gasteiger partial charge on any atom is 0.191 e. The summed E-state index contributed by atoms with van der Waals surface area (Å²) in [6.45, 7) is 12.8. The smallest absolute Gasteiger partial charge is 0.191 e. The Balaban J connectivity index is 0.00000364. The molecule has 0 saturated carbocycles. The number of hydrogen-bond donors (Lipinski definition) is 2. The predicted octanol–water partition coefficient (Wildman–Crippen LogP) is 2.23. The van der Waals surface area contributed by atoms with E-state index >= 15 is 0 Å². The molecular formula is C19H37IN6O. The Labute approximate surface area is 181 Å². The van der Waals surface area contributed by atoms with Gasteiger partial charge in [0.05, 0.1) is 25.5 Å². The number of nitrogens with one attached hydrogen (secondary N) is 2.